The Kier molecular flexibility index (Phi) is 4.15. The summed E-state index contributed by atoms with van der Waals surface area (Å²) >= 11 is 5.89. The lowest BCUT2D eigenvalue weighted by atomic mass is 10.1. The minimum Gasteiger partial charge on any atom is -0.449 e. The van der Waals surface area contributed by atoms with E-state index in [0.29, 0.717) is 23.3 Å². The number of furan rings is 1. The Hall–Kier alpha value is -3.90. The van der Waals surface area contributed by atoms with E-state index in [4.69, 9.17) is 26.0 Å². The maximum atomic E-state index is 12.4. The number of pyridine rings is 1. The van der Waals surface area contributed by atoms with Crippen LogP contribution in [-0.4, -0.2) is 33.4 Å². The third kappa shape index (κ3) is 3.03. The van der Waals surface area contributed by atoms with Crippen LogP contribution in [0.4, 0.5) is 5.69 Å². The van der Waals surface area contributed by atoms with E-state index in [9.17, 15) is 4.79 Å². The van der Waals surface area contributed by atoms with E-state index in [1.165, 1.54) is 6.07 Å². The van der Waals surface area contributed by atoms with Gasteiger partial charge in [0, 0.05) is 30.1 Å². The molecule has 148 valence electrons. The molecule has 1 amide bonds. The summed E-state index contributed by atoms with van der Waals surface area (Å²) < 4.78 is 11.5. The summed E-state index contributed by atoms with van der Waals surface area (Å²) in [4.78, 5) is 24.7. The fraction of sp³-hybridized carbons (Fsp3) is 0.150. The van der Waals surface area contributed by atoms with Crippen LogP contribution in [0.25, 0.3) is 21.9 Å². The van der Waals surface area contributed by atoms with Crippen LogP contribution in [-0.2, 0) is 0 Å². The largest absolute Gasteiger partial charge is 0.449 e. The molecule has 0 bridgehead atoms. The Bertz CT molecular complexity index is 1380. The molecule has 9 nitrogen and oxygen atoms in total. The van der Waals surface area contributed by atoms with Crippen molar-refractivity contribution in [2.75, 3.05) is 11.9 Å². The van der Waals surface area contributed by atoms with Gasteiger partial charge in [-0.2, -0.15) is 10.2 Å². The van der Waals surface area contributed by atoms with E-state index >= 15 is 0 Å². The molecule has 0 radical (unpaired) electrons. The SMILES string of the molecule is C[C@@H]1CNc2c(oc3ccc4nc(Oc5cc(Cl)nc(C#N)n5)ccc4c23)C(=O)N1. The molecule has 0 saturated carbocycles. The molecule has 1 atom stereocenters. The summed E-state index contributed by atoms with van der Waals surface area (Å²) in [5, 5.41) is 16.8. The zero-order chi connectivity index (χ0) is 20.8. The first-order chi connectivity index (χ1) is 14.5. The second-order valence-corrected chi connectivity index (χ2v) is 7.17. The Morgan fingerprint density at radius 1 is 1.23 bits per heavy atom. The van der Waals surface area contributed by atoms with Crippen LogP contribution in [0.15, 0.2) is 34.7 Å². The molecule has 4 aromatic rings. The second-order valence-electron chi connectivity index (χ2n) is 6.78. The maximum absolute atomic E-state index is 12.4. The summed E-state index contributed by atoms with van der Waals surface area (Å²) in [6, 6.07) is 10.2. The Labute approximate surface area is 174 Å². The molecule has 1 aliphatic rings. The van der Waals surface area contributed by atoms with Crippen molar-refractivity contribution < 1.29 is 13.9 Å². The molecule has 3 aromatic heterocycles. The molecule has 4 heterocycles. The number of fused-ring (bicyclic) bond motifs is 5. The van der Waals surface area contributed by atoms with Crippen molar-refractivity contribution in [2.24, 2.45) is 0 Å². The third-order valence-corrected chi connectivity index (χ3v) is 4.84. The molecule has 0 spiro atoms. The first-order valence-electron chi connectivity index (χ1n) is 9.05. The summed E-state index contributed by atoms with van der Waals surface area (Å²) in [6.07, 6.45) is 0. The molecule has 0 saturated heterocycles. The first kappa shape index (κ1) is 18.1. The van der Waals surface area contributed by atoms with E-state index < -0.39 is 0 Å². The van der Waals surface area contributed by atoms with Crippen molar-refractivity contribution in [3.05, 3.63) is 47.1 Å². The lowest BCUT2D eigenvalue weighted by Crippen LogP contribution is -2.34. The van der Waals surface area contributed by atoms with Crippen LogP contribution < -0.4 is 15.4 Å². The topological polar surface area (TPSA) is 126 Å². The van der Waals surface area contributed by atoms with E-state index in [0.717, 1.165) is 10.8 Å². The van der Waals surface area contributed by atoms with Gasteiger partial charge in [-0.25, -0.2) is 9.97 Å². The Morgan fingerprint density at radius 2 is 2.10 bits per heavy atom. The van der Waals surface area contributed by atoms with E-state index in [-0.39, 0.29) is 40.4 Å². The molecule has 0 aliphatic carbocycles. The molecular weight excluding hydrogens is 408 g/mol. The highest BCUT2D eigenvalue weighted by Crippen LogP contribution is 2.37. The molecule has 1 aliphatic heterocycles. The van der Waals surface area contributed by atoms with Gasteiger partial charge < -0.3 is 19.8 Å². The zero-order valence-electron chi connectivity index (χ0n) is 15.6. The molecule has 10 heteroatoms. The van der Waals surface area contributed by atoms with Gasteiger partial charge in [0.1, 0.15) is 16.8 Å². The maximum Gasteiger partial charge on any atom is 0.289 e. The monoisotopic (exact) mass is 420 g/mol. The van der Waals surface area contributed by atoms with Crippen LogP contribution in [0.5, 0.6) is 11.8 Å². The van der Waals surface area contributed by atoms with Gasteiger partial charge in [-0.3, -0.25) is 4.79 Å². The van der Waals surface area contributed by atoms with Crippen molar-refractivity contribution in [1.82, 2.24) is 20.3 Å². The van der Waals surface area contributed by atoms with Crippen LogP contribution in [0, 0.1) is 11.3 Å². The van der Waals surface area contributed by atoms with E-state index in [1.807, 2.05) is 19.1 Å². The Balaban J connectivity index is 1.59. The lowest BCUT2D eigenvalue weighted by molar-refractivity contribution is 0.0920. The van der Waals surface area contributed by atoms with Crippen molar-refractivity contribution in [1.29, 1.82) is 5.26 Å². The van der Waals surface area contributed by atoms with Crippen LogP contribution in [0.1, 0.15) is 23.3 Å². The molecule has 30 heavy (non-hydrogen) atoms. The fourth-order valence-corrected chi connectivity index (χ4v) is 3.54. The third-order valence-electron chi connectivity index (χ3n) is 4.65. The molecular formula is C20H13ClN6O3. The summed E-state index contributed by atoms with van der Waals surface area (Å²) in [5.74, 6) is 0.286. The minimum absolute atomic E-state index is 0.0266. The molecule has 5 rings (SSSR count). The number of anilines is 1. The smallest absolute Gasteiger partial charge is 0.289 e. The number of hydrogen-bond donors (Lipinski definition) is 2. The highest BCUT2D eigenvalue weighted by atomic mass is 35.5. The first-order valence-corrected chi connectivity index (χ1v) is 9.43. The number of ether oxygens (including phenoxy) is 1. The summed E-state index contributed by atoms with van der Waals surface area (Å²) in [6.45, 7) is 2.49. The number of hydrogen-bond acceptors (Lipinski definition) is 8. The van der Waals surface area contributed by atoms with Gasteiger partial charge in [0.2, 0.25) is 23.3 Å². The average molecular weight is 421 g/mol. The van der Waals surface area contributed by atoms with Crippen molar-refractivity contribution in [3.8, 4) is 17.8 Å². The van der Waals surface area contributed by atoms with E-state index in [1.54, 1.807) is 18.2 Å². The molecule has 2 N–H and O–H groups in total. The van der Waals surface area contributed by atoms with E-state index in [2.05, 4.69) is 25.6 Å². The number of rotatable bonds is 2. The van der Waals surface area contributed by atoms with Gasteiger partial charge in [-0.1, -0.05) is 11.6 Å². The minimum atomic E-state index is -0.256. The zero-order valence-corrected chi connectivity index (χ0v) is 16.3. The highest BCUT2D eigenvalue weighted by molar-refractivity contribution is 6.29. The summed E-state index contributed by atoms with van der Waals surface area (Å²) in [7, 11) is 0. The predicted octanol–water partition coefficient (Wildman–Crippen LogP) is 3.63. The normalized spacial score (nSPS) is 15.8. The second kappa shape index (κ2) is 6.86. The number of nitrogens with one attached hydrogen (secondary N) is 2. The van der Waals surface area contributed by atoms with Gasteiger partial charge >= 0.3 is 0 Å². The summed E-state index contributed by atoms with van der Waals surface area (Å²) in [5.41, 5.74) is 1.87. The predicted molar refractivity (Wildman–Crippen MR) is 109 cm³/mol. The van der Waals surface area contributed by atoms with Gasteiger partial charge in [0.25, 0.3) is 5.91 Å². The van der Waals surface area contributed by atoms with Gasteiger partial charge in [0.15, 0.2) is 0 Å². The lowest BCUT2D eigenvalue weighted by Gasteiger charge is -2.09. The van der Waals surface area contributed by atoms with Crippen molar-refractivity contribution in [2.45, 2.75) is 13.0 Å². The van der Waals surface area contributed by atoms with Crippen LogP contribution in [0.2, 0.25) is 5.15 Å². The van der Waals surface area contributed by atoms with Crippen LogP contribution >= 0.6 is 11.6 Å². The van der Waals surface area contributed by atoms with Gasteiger partial charge in [-0.05, 0) is 25.1 Å². The van der Waals surface area contributed by atoms with Gasteiger partial charge in [0.05, 0.1) is 16.6 Å². The van der Waals surface area contributed by atoms with Crippen molar-refractivity contribution >= 4 is 45.1 Å². The quantitative estimate of drug-likeness (QED) is 0.471. The fourth-order valence-electron chi connectivity index (χ4n) is 3.37. The standard InChI is InChI=1S/C20H13ClN6O3/c1-9-8-23-18-17-10-2-5-15(30-16-6-13(21)26-14(7-22)27-16)25-11(10)3-4-12(17)29-19(18)20(28)24-9/h2-6,9,23H,8H2,1H3,(H,24,28)/t9-/m1/s1. The highest BCUT2D eigenvalue weighted by Gasteiger charge is 2.26. The molecule has 1 aromatic carbocycles. The van der Waals surface area contributed by atoms with Crippen LogP contribution in [0.3, 0.4) is 0 Å². The number of amides is 1. The Morgan fingerprint density at radius 3 is 2.93 bits per heavy atom. The number of nitriles is 1. The number of nitrogens with zero attached hydrogens (tertiary/aromatic N) is 4. The number of carbonyl (C=O) groups is 1. The number of carbonyl (C=O) groups excluding carboxylic acids is 1. The number of halogens is 1. The average Bonchev–Trinajstić information content (AvgIpc) is 3.04. The molecule has 0 fully saturated rings. The van der Waals surface area contributed by atoms with Gasteiger partial charge in [-0.15, -0.1) is 0 Å². The number of benzene rings is 1. The molecule has 0 unspecified atom stereocenters. The number of aromatic nitrogens is 3. The van der Waals surface area contributed by atoms with Crippen molar-refractivity contribution in [3.63, 3.8) is 0 Å².